The van der Waals surface area contributed by atoms with Gasteiger partial charge >= 0.3 is 6.09 Å². The molecular formula is C14H20N2O2. The van der Waals surface area contributed by atoms with Crippen LogP contribution >= 0.6 is 0 Å². The van der Waals surface area contributed by atoms with E-state index in [1.807, 2.05) is 19.2 Å². The number of ether oxygens (including phenoxy) is 1. The quantitative estimate of drug-likeness (QED) is 0.800. The van der Waals surface area contributed by atoms with Crippen LogP contribution in [-0.2, 0) is 12.8 Å². The summed E-state index contributed by atoms with van der Waals surface area (Å²) < 4.78 is 5.25. The van der Waals surface area contributed by atoms with E-state index in [0.717, 1.165) is 19.4 Å². The minimum Gasteiger partial charge on any atom is -0.410 e. The maximum Gasteiger partial charge on any atom is 0.412 e. The maximum absolute atomic E-state index is 11.5. The van der Waals surface area contributed by atoms with Gasteiger partial charge in [0.05, 0.1) is 0 Å². The van der Waals surface area contributed by atoms with Crippen molar-refractivity contribution in [1.29, 1.82) is 0 Å². The SMILES string of the molecule is CNCCNC(=O)Oc1ccc2c(c1)CCCC2. The lowest BCUT2D eigenvalue weighted by molar-refractivity contribution is 0.200. The molecule has 4 heteroatoms. The molecule has 0 atom stereocenters. The predicted octanol–water partition coefficient (Wildman–Crippen LogP) is 1.87. The normalized spacial score (nSPS) is 13.8. The van der Waals surface area contributed by atoms with Gasteiger partial charge in [0.1, 0.15) is 5.75 Å². The highest BCUT2D eigenvalue weighted by Crippen LogP contribution is 2.25. The molecule has 1 aliphatic carbocycles. The monoisotopic (exact) mass is 248 g/mol. The number of rotatable bonds is 4. The van der Waals surface area contributed by atoms with Crippen molar-refractivity contribution >= 4 is 6.09 Å². The third kappa shape index (κ3) is 3.47. The molecule has 1 aromatic carbocycles. The van der Waals surface area contributed by atoms with Crippen LogP contribution < -0.4 is 15.4 Å². The number of benzene rings is 1. The lowest BCUT2D eigenvalue weighted by Crippen LogP contribution is -2.32. The second-order valence-corrected chi connectivity index (χ2v) is 4.56. The van der Waals surface area contributed by atoms with Crippen molar-refractivity contribution in [2.75, 3.05) is 20.1 Å². The Bertz CT molecular complexity index is 418. The lowest BCUT2D eigenvalue weighted by Gasteiger charge is -2.16. The van der Waals surface area contributed by atoms with Gasteiger partial charge in [-0.3, -0.25) is 0 Å². The molecule has 1 aliphatic rings. The molecule has 0 heterocycles. The van der Waals surface area contributed by atoms with E-state index < -0.39 is 0 Å². The zero-order valence-electron chi connectivity index (χ0n) is 10.8. The van der Waals surface area contributed by atoms with Gasteiger partial charge in [0.2, 0.25) is 0 Å². The molecule has 0 radical (unpaired) electrons. The van der Waals surface area contributed by atoms with E-state index in [1.165, 1.54) is 24.0 Å². The van der Waals surface area contributed by atoms with Gasteiger partial charge in [0.25, 0.3) is 0 Å². The van der Waals surface area contributed by atoms with Crippen molar-refractivity contribution in [3.05, 3.63) is 29.3 Å². The molecule has 0 fully saturated rings. The number of aryl methyl sites for hydroxylation is 2. The van der Waals surface area contributed by atoms with Crippen LogP contribution in [0.25, 0.3) is 0 Å². The minimum atomic E-state index is -0.388. The molecule has 0 aliphatic heterocycles. The number of hydrogen-bond acceptors (Lipinski definition) is 3. The van der Waals surface area contributed by atoms with Gasteiger partial charge in [-0.05, 0) is 56.0 Å². The largest absolute Gasteiger partial charge is 0.412 e. The van der Waals surface area contributed by atoms with Gasteiger partial charge < -0.3 is 15.4 Å². The van der Waals surface area contributed by atoms with Crippen molar-refractivity contribution in [2.45, 2.75) is 25.7 Å². The first-order valence-corrected chi connectivity index (χ1v) is 6.51. The van der Waals surface area contributed by atoms with Crippen molar-refractivity contribution in [3.63, 3.8) is 0 Å². The van der Waals surface area contributed by atoms with Crippen LogP contribution in [0, 0.1) is 0 Å². The lowest BCUT2D eigenvalue weighted by atomic mass is 9.92. The number of likely N-dealkylation sites (N-methyl/N-ethyl adjacent to an activating group) is 1. The first-order chi connectivity index (χ1) is 8.79. The van der Waals surface area contributed by atoms with Crippen LogP contribution in [0.15, 0.2) is 18.2 Å². The Morgan fingerprint density at radius 2 is 2.00 bits per heavy atom. The summed E-state index contributed by atoms with van der Waals surface area (Å²) in [5, 5.41) is 5.65. The van der Waals surface area contributed by atoms with Gasteiger partial charge in [-0.25, -0.2) is 4.79 Å². The standard InChI is InChI=1S/C14H20N2O2/c1-15-8-9-16-14(17)18-13-7-6-11-4-2-3-5-12(11)10-13/h6-7,10,15H,2-5,8-9H2,1H3,(H,16,17). The predicted molar refractivity (Wildman–Crippen MR) is 71.0 cm³/mol. The smallest absolute Gasteiger partial charge is 0.410 e. The average Bonchev–Trinajstić information content (AvgIpc) is 2.39. The molecule has 0 saturated heterocycles. The molecule has 0 aromatic heterocycles. The molecule has 0 bridgehead atoms. The molecule has 2 N–H and O–H groups in total. The molecule has 4 nitrogen and oxygen atoms in total. The fraction of sp³-hybridized carbons (Fsp3) is 0.500. The molecule has 98 valence electrons. The fourth-order valence-electron chi connectivity index (χ4n) is 2.21. The number of fused-ring (bicyclic) bond motifs is 1. The first kappa shape index (κ1) is 12.9. The molecule has 0 unspecified atom stereocenters. The number of carbonyl (C=O) groups excluding carboxylic acids is 1. The van der Waals surface area contributed by atoms with E-state index in [-0.39, 0.29) is 6.09 Å². The zero-order chi connectivity index (χ0) is 12.8. The highest BCUT2D eigenvalue weighted by atomic mass is 16.6. The minimum absolute atomic E-state index is 0.388. The zero-order valence-corrected chi connectivity index (χ0v) is 10.8. The summed E-state index contributed by atoms with van der Waals surface area (Å²) >= 11 is 0. The van der Waals surface area contributed by atoms with E-state index in [0.29, 0.717) is 12.3 Å². The molecular weight excluding hydrogens is 228 g/mol. The third-order valence-electron chi connectivity index (χ3n) is 3.17. The van der Waals surface area contributed by atoms with Crippen LogP contribution in [0.3, 0.4) is 0 Å². The van der Waals surface area contributed by atoms with E-state index in [2.05, 4.69) is 16.7 Å². The van der Waals surface area contributed by atoms with Gasteiger partial charge in [-0.1, -0.05) is 6.07 Å². The Morgan fingerprint density at radius 1 is 1.22 bits per heavy atom. The van der Waals surface area contributed by atoms with Crippen LogP contribution in [-0.4, -0.2) is 26.2 Å². The van der Waals surface area contributed by atoms with Gasteiger partial charge in [0.15, 0.2) is 0 Å². The molecule has 1 aromatic rings. The molecule has 0 spiro atoms. The van der Waals surface area contributed by atoms with Crippen LogP contribution in [0.1, 0.15) is 24.0 Å². The van der Waals surface area contributed by atoms with Gasteiger partial charge in [-0.15, -0.1) is 0 Å². The van der Waals surface area contributed by atoms with Crippen LogP contribution in [0.2, 0.25) is 0 Å². The van der Waals surface area contributed by atoms with E-state index in [4.69, 9.17) is 4.74 Å². The van der Waals surface area contributed by atoms with Gasteiger partial charge in [-0.2, -0.15) is 0 Å². The van der Waals surface area contributed by atoms with Crippen molar-refractivity contribution < 1.29 is 9.53 Å². The number of carbonyl (C=O) groups is 1. The van der Waals surface area contributed by atoms with Crippen molar-refractivity contribution in [3.8, 4) is 5.75 Å². The molecule has 0 saturated carbocycles. The Kier molecular flexibility index (Phi) is 4.59. The van der Waals surface area contributed by atoms with E-state index in [9.17, 15) is 4.79 Å². The van der Waals surface area contributed by atoms with Crippen molar-refractivity contribution in [1.82, 2.24) is 10.6 Å². The highest BCUT2D eigenvalue weighted by Gasteiger charge is 2.11. The highest BCUT2D eigenvalue weighted by molar-refractivity contribution is 5.70. The summed E-state index contributed by atoms with van der Waals surface area (Å²) in [5.41, 5.74) is 2.71. The fourth-order valence-corrected chi connectivity index (χ4v) is 2.21. The number of nitrogens with one attached hydrogen (secondary N) is 2. The van der Waals surface area contributed by atoms with Crippen LogP contribution in [0.4, 0.5) is 4.79 Å². The summed E-state index contributed by atoms with van der Waals surface area (Å²) in [5.74, 6) is 0.637. The number of hydrogen-bond donors (Lipinski definition) is 2. The van der Waals surface area contributed by atoms with E-state index in [1.54, 1.807) is 0 Å². The van der Waals surface area contributed by atoms with Crippen molar-refractivity contribution in [2.24, 2.45) is 0 Å². The second-order valence-electron chi connectivity index (χ2n) is 4.56. The Hall–Kier alpha value is -1.55. The molecule has 1 amide bonds. The second kappa shape index (κ2) is 6.40. The maximum atomic E-state index is 11.5. The molecule has 2 rings (SSSR count). The first-order valence-electron chi connectivity index (χ1n) is 6.51. The van der Waals surface area contributed by atoms with Gasteiger partial charge in [0, 0.05) is 13.1 Å². The summed E-state index contributed by atoms with van der Waals surface area (Å²) in [4.78, 5) is 11.5. The Balaban J connectivity index is 1.91. The summed E-state index contributed by atoms with van der Waals surface area (Å²) in [6.45, 7) is 1.31. The third-order valence-corrected chi connectivity index (χ3v) is 3.17. The Labute approximate surface area is 108 Å². The summed E-state index contributed by atoms with van der Waals surface area (Å²) in [6, 6.07) is 5.94. The van der Waals surface area contributed by atoms with Crippen LogP contribution in [0.5, 0.6) is 5.75 Å². The van der Waals surface area contributed by atoms with E-state index >= 15 is 0 Å². The topological polar surface area (TPSA) is 50.4 Å². The molecule has 18 heavy (non-hydrogen) atoms. The summed E-state index contributed by atoms with van der Waals surface area (Å²) in [7, 11) is 1.84. The number of amides is 1. The Morgan fingerprint density at radius 3 is 2.78 bits per heavy atom. The summed E-state index contributed by atoms with van der Waals surface area (Å²) in [6.07, 6.45) is 4.33. The average molecular weight is 248 g/mol.